The fourth-order valence-corrected chi connectivity index (χ4v) is 8.07. The van der Waals surface area contributed by atoms with Gasteiger partial charge in [0.25, 0.3) is 0 Å². The third-order valence-corrected chi connectivity index (χ3v) is 10.3. The van der Waals surface area contributed by atoms with Crippen molar-refractivity contribution in [3.8, 4) is 22.4 Å². The number of nitrogens with zero attached hydrogens (tertiary/aromatic N) is 2. The number of hydrogen-bond acceptors (Lipinski definition) is 2. The molecule has 0 bridgehead atoms. The van der Waals surface area contributed by atoms with E-state index in [2.05, 4.69) is 135 Å². The van der Waals surface area contributed by atoms with Crippen LogP contribution in [0, 0.1) is 0 Å². The third-order valence-electron chi connectivity index (χ3n) is 10.3. The minimum Gasteiger partial charge on any atom is -0.254 e. The van der Waals surface area contributed by atoms with Crippen molar-refractivity contribution in [1.82, 2.24) is 9.97 Å². The van der Waals surface area contributed by atoms with Gasteiger partial charge in [-0.25, -0.2) is 4.98 Å². The number of aromatic nitrogens is 2. The van der Waals surface area contributed by atoms with E-state index in [1.165, 1.54) is 65.3 Å². The van der Waals surface area contributed by atoms with E-state index in [4.69, 9.17) is 9.97 Å². The van der Waals surface area contributed by atoms with Gasteiger partial charge < -0.3 is 0 Å². The van der Waals surface area contributed by atoms with Gasteiger partial charge in [0, 0.05) is 27.9 Å². The molecule has 0 amide bonds. The lowest BCUT2D eigenvalue weighted by molar-refractivity contribution is 0.661. The van der Waals surface area contributed by atoms with Crippen molar-refractivity contribution in [3.63, 3.8) is 0 Å². The molecular weight excluding hydrogens is 544 g/mol. The molecule has 0 spiro atoms. The molecule has 0 atom stereocenters. The van der Waals surface area contributed by atoms with Crippen molar-refractivity contribution in [1.29, 1.82) is 0 Å². The molecule has 2 heterocycles. The van der Waals surface area contributed by atoms with Gasteiger partial charge in [0.05, 0.1) is 16.7 Å². The van der Waals surface area contributed by atoms with E-state index < -0.39 is 0 Å². The molecule has 9 aromatic rings. The van der Waals surface area contributed by atoms with Crippen LogP contribution in [0.3, 0.4) is 0 Å². The summed E-state index contributed by atoms with van der Waals surface area (Å²) >= 11 is 0. The maximum Gasteiger partial charge on any atom is 0.0978 e. The Balaban J connectivity index is 1.20. The summed E-state index contributed by atoms with van der Waals surface area (Å²) in [5, 5.41) is 12.6. The Morgan fingerprint density at radius 2 is 0.956 bits per heavy atom. The van der Waals surface area contributed by atoms with E-state index in [0.29, 0.717) is 0 Å². The Kier molecular flexibility index (Phi) is 4.82. The lowest BCUT2D eigenvalue weighted by Gasteiger charge is -2.23. The molecule has 0 saturated carbocycles. The Hall–Kier alpha value is -5.60. The molecule has 1 aliphatic carbocycles. The van der Waals surface area contributed by atoms with E-state index in [1.54, 1.807) is 0 Å². The molecule has 0 saturated heterocycles. The van der Waals surface area contributed by atoms with Gasteiger partial charge in [-0.05, 0) is 102 Å². The molecular formula is C43H28N2. The fourth-order valence-electron chi connectivity index (χ4n) is 8.07. The second-order valence-electron chi connectivity index (χ2n) is 13.0. The first kappa shape index (κ1) is 24.8. The lowest BCUT2D eigenvalue weighted by atomic mass is 9.80. The van der Waals surface area contributed by atoms with E-state index in [-0.39, 0.29) is 5.41 Å². The predicted octanol–water partition coefficient (Wildman–Crippen LogP) is 11.4. The zero-order chi connectivity index (χ0) is 29.9. The Bertz CT molecular complexity index is 2700. The van der Waals surface area contributed by atoms with Gasteiger partial charge in [0.15, 0.2) is 0 Å². The second-order valence-corrected chi connectivity index (χ2v) is 13.0. The van der Waals surface area contributed by atoms with Crippen LogP contribution in [0.2, 0.25) is 0 Å². The summed E-state index contributed by atoms with van der Waals surface area (Å²) in [4.78, 5) is 10.1. The molecule has 2 aromatic heterocycles. The largest absolute Gasteiger partial charge is 0.254 e. The molecule has 0 fully saturated rings. The summed E-state index contributed by atoms with van der Waals surface area (Å²) in [6, 6.07) is 46.7. The highest BCUT2D eigenvalue weighted by molar-refractivity contribution is 6.26. The lowest BCUT2D eigenvalue weighted by Crippen LogP contribution is -2.15. The molecule has 0 radical (unpaired) electrons. The van der Waals surface area contributed by atoms with Gasteiger partial charge in [-0.2, -0.15) is 0 Å². The van der Waals surface area contributed by atoms with Crippen LogP contribution in [-0.2, 0) is 5.41 Å². The summed E-state index contributed by atoms with van der Waals surface area (Å²) in [6.07, 6.45) is 1.87. The number of pyridine rings is 2. The number of benzene rings is 7. The standard InChI is InChI=1S/C43H28N2/c1-43(2)38-22-25(40-20-19-34-29-13-6-5-12-28(29)33-16-9-21-44-41(33)42(34)45-40)17-18-32(38)37-23-35-30-14-7-3-10-26(30)27-11-4-8-15-31(27)36(35)24-39(37)43/h3-24H,1-2H3. The summed E-state index contributed by atoms with van der Waals surface area (Å²) in [7, 11) is 0. The maximum atomic E-state index is 5.30. The molecule has 0 unspecified atom stereocenters. The van der Waals surface area contributed by atoms with Crippen molar-refractivity contribution in [2.45, 2.75) is 19.3 Å². The molecule has 1 aliphatic rings. The molecule has 0 N–H and O–H groups in total. The van der Waals surface area contributed by atoms with Gasteiger partial charge in [-0.15, -0.1) is 0 Å². The number of fused-ring (bicyclic) bond motifs is 15. The minimum absolute atomic E-state index is 0.150. The summed E-state index contributed by atoms with van der Waals surface area (Å²) in [5.41, 5.74) is 9.25. The van der Waals surface area contributed by atoms with Crippen LogP contribution in [0.15, 0.2) is 134 Å². The van der Waals surface area contributed by atoms with Gasteiger partial charge in [0.1, 0.15) is 0 Å². The van der Waals surface area contributed by atoms with Gasteiger partial charge in [0.2, 0.25) is 0 Å². The maximum absolute atomic E-state index is 5.30. The number of rotatable bonds is 1. The van der Waals surface area contributed by atoms with Gasteiger partial charge in [-0.1, -0.05) is 105 Å². The normalized spacial score (nSPS) is 13.7. The van der Waals surface area contributed by atoms with Crippen molar-refractivity contribution < 1.29 is 0 Å². The first-order chi connectivity index (χ1) is 22.1. The number of hydrogen-bond donors (Lipinski definition) is 0. The van der Waals surface area contributed by atoms with Crippen LogP contribution in [0.4, 0.5) is 0 Å². The van der Waals surface area contributed by atoms with Crippen LogP contribution in [0.5, 0.6) is 0 Å². The predicted molar refractivity (Wildman–Crippen MR) is 190 cm³/mol. The van der Waals surface area contributed by atoms with Crippen molar-refractivity contribution in [2.75, 3.05) is 0 Å². The van der Waals surface area contributed by atoms with E-state index >= 15 is 0 Å². The molecule has 45 heavy (non-hydrogen) atoms. The molecule has 210 valence electrons. The highest BCUT2D eigenvalue weighted by atomic mass is 14.8. The van der Waals surface area contributed by atoms with Crippen LogP contribution < -0.4 is 0 Å². The summed E-state index contributed by atoms with van der Waals surface area (Å²) < 4.78 is 0. The highest BCUT2D eigenvalue weighted by Gasteiger charge is 2.36. The minimum atomic E-state index is -0.150. The quantitative estimate of drug-likeness (QED) is 0.183. The first-order valence-electron chi connectivity index (χ1n) is 15.7. The molecule has 2 heteroatoms. The van der Waals surface area contributed by atoms with Crippen LogP contribution in [0.25, 0.3) is 87.3 Å². The van der Waals surface area contributed by atoms with Crippen LogP contribution in [-0.4, -0.2) is 9.97 Å². The van der Waals surface area contributed by atoms with Crippen molar-refractivity contribution in [2.24, 2.45) is 0 Å². The topological polar surface area (TPSA) is 25.8 Å². The van der Waals surface area contributed by atoms with Gasteiger partial charge >= 0.3 is 0 Å². The molecule has 10 rings (SSSR count). The average Bonchev–Trinajstić information content (AvgIpc) is 3.32. The molecule has 2 nitrogen and oxygen atoms in total. The Morgan fingerprint density at radius 3 is 1.62 bits per heavy atom. The van der Waals surface area contributed by atoms with E-state index in [9.17, 15) is 0 Å². The van der Waals surface area contributed by atoms with E-state index in [0.717, 1.165) is 33.1 Å². The molecule has 0 aliphatic heterocycles. The second kappa shape index (κ2) is 8.74. The van der Waals surface area contributed by atoms with E-state index in [1.807, 2.05) is 12.3 Å². The smallest absolute Gasteiger partial charge is 0.0978 e. The monoisotopic (exact) mass is 572 g/mol. The van der Waals surface area contributed by atoms with Crippen LogP contribution in [0.1, 0.15) is 25.0 Å². The van der Waals surface area contributed by atoms with Crippen LogP contribution >= 0.6 is 0 Å². The SMILES string of the molecule is CC1(C)c2cc(-c3ccc4c5ccccc5c5cccnc5c4n3)ccc2-c2cc3c4ccccc4c4ccccc4c3cc21. The zero-order valence-corrected chi connectivity index (χ0v) is 25.1. The zero-order valence-electron chi connectivity index (χ0n) is 25.1. The third kappa shape index (κ3) is 3.29. The summed E-state index contributed by atoms with van der Waals surface area (Å²) in [6.45, 7) is 4.74. The first-order valence-corrected chi connectivity index (χ1v) is 15.7. The Morgan fingerprint density at radius 1 is 0.422 bits per heavy atom. The summed E-state index contributed by atoms with van der Waals surface area (Å²) in [5.74, 6) is 0. The Labute approximate surface area is 260 Å². The fraction of sp³-hybridized carbons (Fsp3) is 0.0698. The van der Waals surface area contributed by atoms with Gasteiger partial charge in [-0.3, -0.25) is 4.98 Å². The average molecular weight is 573 g/mol. The highest BCUT2D eigenvalue weighted by Crippen LogP contribution is 2.52. The van der Waals surface area contributed by atoms with Crippen molar-refractivity contribution in [3.05, 3.63) is 145 Å². The van der Waals surface area contributed by atoms with Crippen molar-refractivity contribution >= 4 is 64.9 Å². The molecule has 7 aromatic carbocycles.